The topological polar surface area (TPSA) is 35.0 Å². The third-order valence-electron chi connectivity index (χ3n) is 3.11. The van der Waals surface area contributed by atoms with Crippen molar-refractivity contribution >= 4 is 23.2 Å². The van der Waals surface area contributed by atoms with Crippen LogP contribution in [0.3, 0.4) is 0 Å². The number of halogens is 3. The van der Waals surface area contributed by atoms with Crippen LogP contribution in [0.5, 0.6) is 11.6 Å². The Morgan fingerprint density at radius 1 is 1.25 bits per heavy atom. The number of ether oxygens (including phenoxy) is 1. The first-order valence-electron chi connectivity index (χ1n) is 6.21. The smallest absolute Gasteiger partial charge is 0.226 e. The van der Waals surface area contributed by atoms with Gasteiger partial charge in [-0.05, 0) is 31.9 Å². The van der Waals surface area contributed by atoms with Gasteiger partial charge >= 0.3 is 0 Å². The Hall–Kier alpha value is -1.39. The van der Waals surface area contributed by atoms with Gasteiger partial charge in [-0.25, -0.2) is 9.37 Å². The molecule has 1 fully saturated rings. The summed E-state index contributed by atoms with van der Waals surface area (Å²) in [7, 11) is 0. The lowest BCUT2D eigenvalue weighted by molar-refractivity contribution is 0.450. The van der Waals surface area contributed by atoms with Crippen molar-refractivity contribution in [3.05, 3.63) is 45.6 Å². The lowest BCUT2D eigenvalue weighted by Crippen LogP contribution is -2.00. The summed E-state index contributed by atoms with van der Waals surface area (Å²) in [4.78, 5) is 8.62. The standard InChI is InChI=1S/C14H11Cl2FN2O/c1-7-12(16)18-13(8-2-3-8)19-14(7)20-9-4-5-10(15)11(17)6-9/h4-6,8H,2-3H2,1H3. The molecule has 0 saturated heterocycles. The quantitative estimate of drug-likeness (QED) is 0.756. The molecule has 0 unspecified atom stereocenters. The highest BCUT2D eigenvalue weighted by molar-refractivity contribution is 6.30. The maximum Gasteiger partial charge on any atom is 0.226 e. The van der Waals surface area contributed by atoms with Gasteiger partial charge < -0.3 is 4.74 Å². The SMILES string of the molecule is Cc1c(Cl)nc(C2CC2)nc1Oc1ccc(Cl)c(F)c1. The molecule has 1 aliphatic rings. The molecule has 1 heterocycles. The second kappa shape index (κ2) is 5.19. The molecule has 0 atom stereocenters. The van der Waals surface area contributed by atoms with Crippen LogP contribution in [0.2, 0.25) is 10.2 Å². The zero-order valence-corrected chi connectivity index (χ0v) is 12.2. The molecule has 1 saturated carbocycles. The largest absolute Gasteiger partial charge is 0.438 e. The number of benzene rings is 1. The van der Waals surface area contributed by atoms with Gasteiger partial charge in [-0.1, -0.05) is 23.2 Å². The highest BCUT2D eigenvalue weighted by Gasteiger charge is 2.28. The molecule has 1 aromatic carbocycles. The van der Waals surface area contributed by atoms with Gasteiger partial charge in [-0.15, -0.1) is 0 Å². The van der Waals surface area contributed by atoms with Crippen LogP contribution in [0.25, 0.3) is 0 Å². The monoisotopic (exact) mass is 312 g/mol. The van der Waals surface area contributed by atoms with E-state index in [0.717, 1.165) is 12.8 Å². The Kier molecular flexibility index (Phi) is 3.52. The number of hydrogen-bond acceptors (Lipinski definition) is 3. The second-order valence-corrected chi connectivity index (χ2v) is 5.52. The predicted octanol–water partition coefficient (Wildman–Crippen LogP) is 4.90. The molecule has 1 aliphatic carbocycles. The van der Waals surface area contributed by atoms with Crippen molar-refractivity contribution in [2.24, 2.45) is 0 Å². The maximum absolute atomic E-state index is 13.4. The van der Waals surface area contributed by atoms with E-state index in [1.54, 1.807) is 13.0 Å². The van der Waals surface area contributed by atoms with E-state index >= 15 is 0 Å². The lowest BCUT2D eigenvalue weighted by atomic mass is 10.3. The summed E-state index contributed by atoms with van der Waals surface area (Å²) < 4.78 is 19.0. The average molecular weight is 313 g/mol. The normalized spacial score (nSPS) is 14.4. The van der Waals surface area contributed by atoms with Crippen LogP contribution in [-0.2, 0) is 0 Å². The van der Waals surface area contributed by atoms with Gasteiger partial charge in [0, 0.05) is 17.5 Å². The fourth-order valence-electron chi connectivity index (χ4n) is 1.76. The molecule has 6 heteroatoms. The van der Waals surface area contributed by atoms with Crippen LogP contribution >= 0.6 is 23.2 Å². The van der Waals surface area contributed by atoms with Crippen LogP contribution < -0.4 is 4.74 Å². The van der Waals surface area contributed by atoms with Gasteiger partial charge in [0.15, 0.2) is 0 Å². The highest BCUT2D eigenvalue weighted by Crippen LogP contribution is 2.40. The van der Waals surface area contributed by atoms with Gasteiger partial charge in [0.1, 0.15) is 22.5 Å². The lowest BCUT2D eigenvalue weighted by Gasteiger charge is -2.10. The molecule has 0 spiro atoms. The second-order valence-electron chi connectivity index (χ2n) is 4.76. The Labute approximate surface area is 125 Å². The van der Waals surface area contributed by atoms with Crippen LogP contribution in [0.1, 0.15) is 30.1 Å². The molecule has 3 nitrogen and oxygen atoms in total. The summed E-state index contributed by atoms with van der Waals surface area (Å²) in [5.41, 5.74) is 0.631. The Morgan fingerprint density at radius 2 is 2.00 bits per heavy atom. The van der Waals surface area contributed by atoms with Crippen molar-refractivity contribution in [2.75, 3.05) is 0 Å². The van der Waals surface area contributed by atoms with Crippen molar-refractivity contribution in [1.82, 2.24) is 9.97 Å². The first-order valence-corrected chi connectivity index (χ1v) is 6.97. The summed E-state index contributed by atoms with van der Waals surface area (Å²) in [5.74, 6) is 1.19. The Bertz CT molecular complexity index is 674. The summed E-state index contributed by atoms with van der Waals surface area (Å²) in [6.07, 6.45) is 2.13. The highest BCUT2D eigenvalue weighted by atomic mass is 35.5. The molecule has 20 heavy (non-hydrogen) atoms. The maximum atomic E-state index is 13.4. The molecular formula is C14H11Cl2FN2O. The summed E-state index contributed by atoms with van der Waals surface area (Å²) in [6, 6.07) is 4.23. The van der Waals surface area contributed by atoms with E-state index in [-0.39, 0.29) is 5.02 Å². The van der Waals surface area contributed by atoms with Crippen LogP contribution in [-0.4, -0.2) is 9.97 Å². The van der Waals surface area contributed by atoms with Crippen molar-refractivity contribution in [2.45, 2.75) is 25.7 Å². The zero-order valence-electron chi connectivity index (χ0n) is 10.7. The van der Waals surface area contributed by atoms with Crippen molar-refractivity contribution < 1.29 is 9.13 Å². The molecule has 2 aromatic rings. The summed E-state index contributed by atoms with van der Waals surface area (Å²) in [5, 5.41) is 0.416. The van der Waals surface area contributed by atoms with E-state index < -0.39 is 5.82 Å². The average Bonchev–Trinajstić information content (AvgIpc) is 3.23. The molecule has 3 rings (SSSR count). The Morgan fingerprint density at radius 3 is 2.65 bits per heavy atom. The minimum atomic E-state index is -0.538. The van der Waals surface area contributed by atoms with Crippen LogP contribution in [0.15, 0.2) is 18.2 Å². The first-order chi connectivity index (χ1) is 9.54. The van der Waals surface area contributed by atoms with Crippen LogP contribution in [0.4, 0.5) is 4.39 Å². The third kappa shape index (κ3) is 2.72. The van der Waals surface area contributed by atoms with Gasteiger partial charge in [0.2, 0.25) is 5.88 Å². The number of nitrogens with zero attached hydrogens (tertiary/aromatic N) is 2. The number of hydrogen-bond donors (Lipinski definition) is 0. The Balaban J connectivity index is 1.94. The van der Waals surface area contributed by atoms with Crippen molar-refractivity contribution in [1.29, 1.82) is 0 Å². The summed E-state index contributed by atoms with van der Waals surface area (Å²) >= 11 is 11.7. The van der Waals surface area contributed by atoms with Gasteiger partial charge in [-0.3, -0.25) is 0 Å². The fourth-order valence-corrected chi connectivity index (χ4v) is 2.05. The molecule has 104 valence electrons. The fraction of sp³-hybridized carbons (Fsp3) is 0.286. The van der Waals surface area contributed by atoms with Crippen molar-refractivity contribution in [3.63, 3.8) is 0 Å². The van der Waals surface area contributed by atoms with Crippen LogP contribution in [0, 0.1) is 12.7 Å². The van der Waals surface area contributed by atoms with E-state index in [0.29, 0.717) is 34.1 Å². The molecule has 0 bridgehead atoms. The summed E-state index contributed by atoms with van der Waals surface area (Å²) in [6.45, 7) is 1.76. The van der Waals surface area contributed by atoms with E-state index in [4.69, 9.17) is 27.9 Å². The van der Waals surface area contributed by atoms with Gasteiger partial charge in [0.05, 0.1) is 5.02 Å². The molecule has 0 radical (unpaired) electrons. The molecular weight excluding hydrogens is 302 g/mol. The van der Waals surface area contributed by atoms with E-state index in [1.807, 2.05) is 0 Å². The minimum absolute atomic E-state index is 0.0495. The molecule has 1 aromatic heterocycles. The molecule has 0 amide bonds. The van der Waals surface area contributed by atoms with E-state index in [9.17, 15) is 4.39 Å². The molecule has 0 aliphatic heterocycles. The van der Waals surface area contributed by atoms with Gasteiger partial charge in [0.25, 0.3) is 0 Å². The number of aromatic nitrogens is 2. The predicted molar refractivity (Wildman–Crippen MR) is 75.2 cm³/mol. The van der Waals surface area contributed by atoms with Crippen molar-refractivity contribution in [3.8, 4) is 11.6 Å². The first kappa shape index (κ1) is 13.6. The van der Waals surface area contributed by atoms with E-state index in [2.05, 4.69) is 9.97 Å². The third-order valence-corrected chi connectivity index (χ3v) is 3.78. The zero-order chi connectivity index (χ0) is 14.3. The molecule has 0 N–H and O–H groups in total. The number of rotatable bonds is 3. The minimum Gasteiger partial charge on any atom is -0.438 e. The van der Waals surface area contributed by atoms with E-state index in [1.165, 1.54) is 12.1 Å². The van der Waals surface area contributed by atoms with Gasteiger partial charge in [-0.2, -0.15) is 4.98 Å².